The number of hydrogen-bond donors (Lipinski definition) is 1. The van der Waals surface area contributed by atoms with Gasteiger partial charge < -0.3 is 14.9 Å². The quantitative estimate of drug-likeness (QED) is 0.855. The van der Waals surface area contributed by atoms with Gasteiger partial charge in [0.25, 0.3) is 0 Å². The van der Waals surface area contributed by atoms with Crippen LogP contribution in [0, 0.1) is 18.3 Å². The smallest absolute Gasteiger partial charge is 0.416 e. The van der Waals surface area contributed by atoms with E-state index < -0.39 is 23.3 Å². The van der Waals surface area contributed by atoms with Crippen molar-refractivity contribution in [3.8, 4) is 11.8 Å². The van der Waals surface area contributed by atoms with Gasteiger partial charge in [0.15, 0.2) is 0 Å². The van der Waals surface area contributed by atoms with Crippen molar-refractivity contribution in [3.63, 3.8) is 0 Å². The Labute approximate surface area is 139 Å². The molecule has 25 heavy (non-hydrogen) atoms. The second-order valence-corrected chi connectivity index (χ2v) is 5.47. The lowest BCUT2D eigenvalue weighted by molar-refractivity contribution is -0.137. The molecular formula is C17H11F3N2O3. The molecule has 1 aliphatic rings. The maximum atomic E-state index is 12.7. The van der Waals surface area contributed by atoms with Crippen molar-refractivity contribution in [1.82, 2.24) is 0 Å². The van der Waals surface area contributed by atoms with Gasteiger partial charge in [0, 0.05) is 6.07 Å². The Morgan fingerprint density at radius 1 is 1.24 bits per heavy atom. The van der Waals surface area contributed by atoms with E-state index in [9.17, 15) is 23.2 Å². The first-order valence-corrected chi connectivity index (χ1v) is 7.11. The first-order valence-electron chi connectivity index (χ1n) is 7.11. The van der Waals surface area contributed by atoms with Gasteiger partial charge in [0.05, 0.1) is 17.0 Å². The molecule has 0 radical (unpaired) electrons. The highest BCUT2D eigenvalue weighted by atomic mass is 19.4. The van der Waals surface area contributed by atoms with Crippen molar-refractivity contribution in [3.05, 3.63) is 74.7 Å². The predicted molar refractivity (Wildman–Crippen MR) is 80.5 cm³/mol. The minimum Gasteiger partial charge on any atom is -0.440 e. The third kappa shape index (κ3) is 2.85. The first-order chi connectivity index (χ1) is 11.7. The van der Waals surface area contributed by atoms with Crippen LogP contribution in [0.1, 0.15) is 28.4 Å². The SMILES string of the molecule is Cc1cc2c(c(=O)o1)[C@H](c1ccc(C(F)(F)F)cc1)C(C#N)=C(N)O2. The average Bonchev–Trinajstić information content (AvgIpc) is 2.52. The summed E-state index contributed by atoms with van der Waals surface area (Å²) in [5.41, 5.74) is 4.44. The molecule has 2 aromatic rings. The third-order valence-corrected chi connectivity index (χ3v) is 3.83. The second kappa shape index (κ2) is 5.70. The fraction of sp³-hybridized carbons (Fsp3) is 0.176. The molecule has 1 aromatic carbocycles. The molecule has 0 unspecified atom stereocenters. The van der Waals surface area contributed by atoms with Crippen LogP contribution in [-0.4, -0.2) is 0 Å². The minimum absolute atomic E-state index is 0.0242. The van der Waals surface area contributed by atoms with E-state index in [1.807, 2.05) is 6.07 Å². The zero-order valence-corrected chi connectivity index (χ0v) is 12.8. The normalized spacial score (nSPS) is 16.8. The number of benzene rings is 1. The van der Waals surface area contributed by atoms with Crippen molar-refractivity contribution >= 4 is 0 Å². The molecule has 0 amide bonds. The number of hydrogen-bond acceptors (Lipinski definition) is 5. The zero-order chi connectivity index (χ0) is 18.4. The average molecular weight is 348 g/mol. The van der Waals surface area contributed by atoms with Crippen LogP contribution in [0.15, 0.2) is 51.0 Å². The Morgan fingerprint density at radius 3 is 2.44 bits per heavy atom. The summed E-state index contributed by atoms with van der Waals surface area (Å²) in [7, 11) is 0. The number of nitriles is 1. The van der Waals surface area contributed by atoms with E-state index in [0.717, 1.165) is 12.1 Å². The number of rotatable bonds is 1. The van der Waals surface area contributed by atoms with E-state index in [0.29, 0.717) is 5.56 Å². The van der Waals surface area contributed by atoms with E-state index in [-0.39, 0.29) is 28.5 Å². The van der Waals surface area contributed by atoms with Crippen molar-refractivity contribution in [2.24, 2.45) is 5.73 Å². The summed E-state index contributed by atoms with van der Waals surface area (Å²) < 4.78 is 48.6. The van der Waals surface area contributed by atoms with Gasteiger partial charge in [-0.25, -0.2) is 4.79 Å². The van der Waals surface area contributed by atoms with Gasteiger partial charge in [-0.3, -0.25) is 0 Å². The summed E-state index contributed by atoms with van der Waals surface area (Å²) >= 11 is 0. The highest BCUT2D eigenvalue weighted by molar-refractivity contribution is 5.54. The van der Waals surface area contributed by atoms with E-state index in [1.165, 1.54) is 25.1 Å². The molecule has 0 fully saturated rings. The summed E-state index contributed by atoms with van der Waals surface area (Å²) in [6.07, 6.45) is -4.49. The molecule has 1 aliphatic heterocycles. The summed E-state index contributed by atoms with van der Waals surface area (Å²) in [6.45, 7) is 1.54. The molecule has 1 atom stereocenters. The largest absolute Gasteiger partial charge is 0.440 e. The van der Waals surface area contributed by atoms with Gasteiger partial charge in [-0.15, -0.1) is 0 Å². The second-order valence-electron chi connectivity index (χ2n) is 5.47. The van der Waals surface area contributed by atoms with Gasteiger partial charge >= 0.3 is 11.8 Å². The fourth-order valence-electron chi connectivity index (χ4n) is 2.72. The van der Waals surface area contributed by atoms with Crippen molar-refractivity contribution in [2.45, 2.75) is 19.0 Å². The molecule has 2 N–H and O–H groups in total. The van der Waals surface area contributed by atoms with Crippen molar-refractivity contribution in [2.75, 3.05) is 0 Å². The van der Waals surface area contributed by atoms with Crippen LogP contribution < -0.4 is 16.1 Å². The first kappa shape index (κ1) is 16.6. The van der Waals surface area contributed by atoms with Crippen molar-refractivity contribution < 1.29 is 22.3 Å². The van der Waals surface area contributed by atoms with Gasteiger partial charge in [-0.05, 0) is 24.6 Å². The standard InChI is InChI=1S/C17H11F3N2O3/c1-8-6-12-14(16(23)24-8)13(11(7-21)15(22)25-12)9-2-4-10(5-3-9)17(18,19)20/h2-6,13H,22H2,1H3/t13-/m1/s1. The van der Waals surface area contributed by atoms with E-state index in [2.05, 4.69) is 0 Å². The Hall–Kier alpha value is -3.21. The van der Waals surface area contributed by atoms with Gasteiger partial charge in [0.1, 0.15) is 23.2 Å². The number of aryl methyl sites for hydroxylation is 1. The van der Waals surface area contributed by atoms with Crippen LogP contribution in [0.3, 0.4) is 0 Å². The molecule has 5 nitrogen and oxygen atoms in total. The molecule has 128 valence electrons. The predicted octanol–water partition coefficient (Wildman–Crippen LogP) is 3.19. The summed E-state index contributed by atoms with van der Waals surface area (Å²) in [5.74, 6) is -0.768. The third-order valence-electron chi connectivity index (χ3n) is 3.83. The topological polar surface area (TPSA) is 89.2 Å². The molecule has 0 spiro atoms. The highest BCUT2D eigenvalue weighted by Crippen LogP contribution is 2.41. The molecule has 2 heterocycles. The van der Waals surface area contributed by atoms with Gasteiger partial charge in [-0.2, -0.15) is 18.4 Å². The van der Waals surface area contributed by atoms with E-state index in [4.69, 9.17) is 14.9 Å². The molecule has 0 saturated heterocycles. The Balaban J connectivity index is 2.21. The van der Waals surface area contributed by atoms with Crippen LogP contribution in [0.4, 0.5) is 13.2 Å². The van der Waals surface area contributed by atoms with Gasteiger partial charge in [0.2, 0.25) is 5.88 Å². The number of allylic oxidation sites excluding steroid dienone is 1. The van der Waals surface area contributed by atoms with Crippen molar-refractivity contribution in [1.29, 1.82) is 5.26 Å². The van der Waals surface area contributed by atoms with Crippen LogP contribution in [0.25, 0.3) is 0 Å². The van der Waals surface area contributed by atoms with Crippen LogP contribution in [-0.2, 0) is 6.18 Å². The summed E-state index contributed by atoms with van der Waals surface area (Å²) in [4.78, 5) is 12.3. The molecule has 0 aliphatic carbocycles. The van der Waals surface area contributed by atoms with E-state index >= 15 is 0 Å². The van der Waals surface area contributed by atoms with E-state index in [1.54, 1.807) is 0 Å². The monoisotopic (exact) mass is 348 g/mol. The fourth-order valence-corrected chi connectivity index (χ4v) is 2.72. The molecule has 0 saturated carbocycles. The Kier molecular flexibility index (Phi) is 3.80. The van der Waals surface area contributed by atoms with Crippen LogP contribution >= 0.6 is 0 Å². The zero-order valence-electron chi connectivity index (χ0n) is 12.8. The Morgan fingerprint density at radius 2 is 1.88 bits per heavy atom. The van der Waals surface area contributed by atoms with Crippen LogP contribution in [0.5, 0.6) is 5.75 Å². The summed E-state index contributed by atoms with van der Waals surface area (Å²) in [5, 5.41) is 9.37. The number of nitrogens with two attached hydrogens (primary N) is 1. The molecule has 8 heteroatoms. The number of alkyl halides is 3. The van der Waals surface area contributed by atoms with Crippen LogP contribution in [0.2, 0.25) is 0 Å². The lowest BCUT2D eigenvalue weighted by Gasteiger charge is -2.25. The number of halogens is 3. The molecule has 0 bridgehead atoms. The van der Waals surface area contributed by atoms with Gasteiger partial charge in [-0.1, -0.05) is 12.1 Å². The molecule has 1 aromatic heterocycles. The molecular weight excluding hydrogens is 337 g/mol. The maximum absolute atomic E-state index is 12.7. The maximum Gasteiger partial charge on any atom is 0.416 e. The lowest BCUT2D eigenvalue weighted by Crippen LogP contribution is -2.26. The number of nitrogens with zero attached hydrogens (tertiary/aromatic N) is 1. The highest BCUT2D eigenvalue weighted by Gasteiger charge is 2.35. The lowest BCUT2D eigenvalue weighted by atomic mass is 9.84. The number of fused-ring (bicyclic) bond motifs is 1. The minimum atomic E-state index is -4.49. The number of ether oxygens (including phenoxy) is 1. The Bertz CT molecular complexity index is 967. The molecule has 3 rings (SSSR count). The summed E-state index contributed by atoms with van der Waals surface area (Å²) in [6, 6.07) is 7.46.